The Bertz CT molecular complexity index is 969. The molecule has 2 fully saturated rings. The molecule has 2 aliphatic rings. The largest absolute Gasteiger partial charge is 0.478 e. The van der Waals surface area contributed by atoms with E-state index in [0.717, 1.165) is 17.0 Å². The third-order valence-corrected chi connectivity index (χ3v) is 6.50. The van der Waals surface area contributed by atoms with Crippen molar-refractivity contribution < 1.29 is 58.9 Å². The summed E-state index contributed by atoms with van der Waals surface area (Å²) in [5, 5.41) is 9.20. The number of carbonyl (C=O) groups is 2. The van der Waals surface area contributed by atoms with E-state index in [-0.39, 0.29) is 32.5 Å². The van der Waals surface area contributed by atoms with Gasteiger partial charge in [-0.05, 0) is 49.9 Å². The lowest BCUT2D eigenvalue weighted by Gasteiger charge is -2.45. The average molecular weight is 536 g/mol. The first-order valence-corrected chi connectivity index (χ1v) is 10.7. The molecule has 0 aliphatic carbocycles. The van der Waals surface area contributed by atoms with Crippen LogP contribution in [0.2, 0.25) is 0 Å². The number of carboxylic acid groups (broad SMARTS) is 1. The fourth-order valence-electron chi connectivity index (χ4n) is 4.74. The topological polar surface area (TPSA) is 70.1 Å². The number of piperidine rings is 1. The number of rotatable bonds is 4. The van der Waals surface area contributed by atoms with Gasteiger partial charge in [-0.25, -0.2) is 9.59 Å². The summed E-state index contributed by atoms with van der Waals surface area (Å²) in [6.07, 6.45) is -20.9. The van der Waals surface area contributed by atoms with Gasteiger partial charge in [-0.2, -0.15) is 39.5 Å². The van der Waals surface area contributed by atoms with Crippen molar-refractivity contribution in [3.8, 4) is 0 Å². The molecule has 36 heavy (non-hydrogen) atoms. The van der Waals surface area contributed by atoms with Gasteiger partial charge >= 0.3 is 30.6 Å². The molecule has 0 aromatic heterocycles. The van der Waals surface area contributed by atoms with Gasteiger partial charge in [0.15, 0.2) is 0 Å². The summed E-state index contributed by atoms with van der Waals surface area (Å²) in [5.41, 5.74) is -2.51. The molecule has 1 aromatic carbocycles. The smallest absolute Gasteiger partial charge is 0.434 e. The molecular weight excluding hydrogens is 515 g/mol. The summed E-state index contributed by atoms with van der Waals surface area (Å²) in [4.78, 5) is 26.0. The summed E-state index contributed by atoms with van der Waals surface area (Å²) < 4.78 is 119. The van der Waals surface area contributed by atoms with E-state index in [2.05, 4.69) is 4.74 Å². The fraction of sp³-hybridized carbons (Fsp3) is 0.619. The molecule has 2 heterocycles. The molecule has 1 spiro atoms. The Balaban J connectivity index is 1.69. The lowest BCUT2D eigenvalue weighted by Crippen LogP contribution is -2.54. The van der Waals surface area contributed by atoms with Crippen molar-refractivity contribution in [3.05, 3.63) is 34.9 Å². The van der Waals surface area contributed by atoms with Crippen LogP contribution >= 0.6 is 0 Å². The number of alkyl halides is 9. The average Bonchev–Trinajstić information content (AvgIpc) is 3.11. The Hall–Kier alpha value is -2.71. The van der Waals surface area contributed by atoms with Crippen LogP contribution in [0.25, 0.3) is 0 Å². The molecule has 0 unspecified atom stereocenters. The molecule has 1 aromatic rings. The Labute approximate surface area is 198 Å². The van der Waals surface area contributed by atoms with Crippen LogP contribution in [0.5, 0.6) is 0 Å². The van der Waals surface area contributed by atoms with Crippen LogP contribution in [0.3, 0.4) is 0 Å². The van der Waals surface area contributed by atoms with Gasteiger partial charge in [0.2, 0.25) is 0 Å². The van der Waals surface area contributed by atoms with Crippen molar-refractivity contribution in [2.45, 2.75) is 62.4 Å². The summed E-state index contributed by atoms with van der Waals surface area (Å²) in [7, 11) is 0. The van der Waals surface area contributed by atoms with Gasteiger partial charge in [-0.3, -0.25) is 4.90 Å². The van der Waals surface area contributed by atoms with E-state index in [1.165, 1.54) is 0 Å². The maximum absolute atomic E-state index is 13.1. The number of benzene rings is 1. The first-order valence-electron chi connectivity index (χ1n) is 10.7. The van der Waals surface area contributed by atoms with Crippen molar-refractivity contribution in [3.63, 3.8) is 0 Å². The molecule has 3 rings (SSSR count). The third kappa shape index (κ3) is 5.98. The zero-order valence-electron chi connectivity index (χ0n) is 18.4. The van der Waals surface area contributed by atoms with E-state index in [1.54, 1.807) is 0 Å². The van der Waals surface area contributed by atoms with Crippen LogP contribution in [-0.4, -0.2) is 70.6 Å². The summed E-state index contributed by atoms with van der Waals surface area (Å²) >= 11 is 0. The number of halogens is 9. The SMILES string of the molecule is O=C(O)c1cc(CN2CCCC23CCN(C(=O)OC(C(F)(F)F)C(F)(F)F)CC3)ccc1C(F)(F)F. The number of hydrogen-bond acceptors (Lipinski definition) is 4. The number of hydrogen-bond donors (Lipinski definition) is 1. The Kier molecular flexibility index (Phi) is 7.46. The quantitative estimate of drug-likeness (QED) is 0.518. The number of likely N-dealkylation sites (tertiary alicyclic amines) is 2. The van der Waals surface area contributed by atoms with Crippen LogP contribution in [0.15, 0.2) is 18.2 Å². The van der Waals surface area contributed by atoms with Crippen LogP contribution in [-0.2, 0) is 17.5 Å². The van der Waals surface area contributed by atoms with Crippen molar-refractivity contribution in [1.82, 2.24) is 9.80 Å². The second kappa shape index (κ2) is 9.63. The Morgan fingerprint density at radius 2 is 1.53 bits per heavy atom. The van der Waals surface area contributed by atoms with Gasteiger partial charge in [0.1, 0.15) is 0 Å². The molecule has 0 bridgehead atoms. The lowest BCUT2D eigenvalue weighted by atomic mass is 9.84. The molecule has 1 amide bonds. The second-order valence-corrected chi connectivity index (χ2v) is 8.77. The van der Waals surface area contributed by atoms with Crippen LogP contribution in [0.1, 0.15) is 47.2 Å². The van der Waals surface area contributed by atoms with Gasteiger partial charge in [-0.1, -0.05) is 6.07 Å². The highest BCUT2D eigenvalue weighted by molar-refractivity contribution is 5.89. The highest BCUT2D eigenvalue weighted by Crippen LogP contribution is 2.41. The van der Waals surface area contributed by atoms with Gasteiger partial charge in [0.05, 0.1) is 11.1 Å². The molecule has 202 valence electrons. The molecule has 1 N–H and O–H groups in total. The van der Waals surface area contributed by atoms with Gasteiger partial charge in [-0.15, -0.1) is 0 Å². The number of amides is 1. The van der Waals surface area contributed by atoms with E-state index in [1.807, 2.05) is 4.90 Å². The van der Waals surface area contributed by atoms with Crippen molar-refractivity contribution in [2.75, 3.05) is 19.6 Å². The molecule has 0 saturated carbocycles. The van der Waals surface area contributed by atoms with Crippen LogP contribution in [0, 0.1) is 0 Å². The van der Waals surface area contributed by atoms with E-state index in [9.17, 15) is 54.2 Å². The van der Waals surface area contributed by atoms with Crippen LogP contribution < -0.4 is 0 Å². The van der Waals surface area contributed by atoms with E-state index >= 15 is 0 Å². The number of aromatic carboxylic acids is 1. The first-order chi connectivity index (χ1) is 16.4. The van der Waals surface area contributed by atoms with Gasteiger partial charge in [0, 0.05) is 25.2 Å². The molecule has 2 aliphatic heterocycles. The standard InChI is InChI=1S/C21H21F9N2O4/c22-19(23,24)14-3-2-12(10-13(14)15(33)34)11-32-7-1-4-18(32)5-8-31(9-6-18)17(35)36-16(20(25,26)27)21(28,29)30/h2-3,10,16H,1,4-9,11H2,(H,33,34). The molecule has 0 atom stereocenters. The first kappa shape index (κ1) is 27.9. The minimum absolute atomic E-state index is 0.0765. The van der Waals surface area contributed by atoms with Crippen molar-refractivity contribution >= 4 is 12.1 Å². The van der Waals surface area contributed by atoms with Crippen molar-refractivity contribution in [1.29, 1.82) is 0 Å². The molecule has 2 saturated heterocycles. The summed E-state index contributed by atoms with van der Waals surface area (Å²) in [5.74, 6) is -1.75. The highest BCUT2D eigenvalue weighted by atomic mass is 19.4. The van der Waals surface area contributed by atoms with E-state index in [0.29, 0.717) is 31.0 Å². The zero-order valence-corrected chi connectivity index (χ0v) is 18.4. The number of ether oxygens (including phenoxy) is 1. The predicted molar refractivity (Wildman–Crippen MR) is 104 cm³/mol. The third-order valence-electron chi connectivity index (χ3n) is 6.50. The molecule has 15 heteroatoms. The van der Waals surface area contributed by atoms with Gasteiger partial charge < -0.3 is 14.7 Å². The van der Waals surface area contributed by atoms with Gasteiger partial charge in [0.25, 0.3) is 6.10 Å². The fourth-order valence-corrected chi connectivity index (χ4v) is 4.74. The lowest BCUT2D eigenvalue weighted by molar-refractivity contribution is -0.308. The monoisotopic (exact) mass is 536 g/mol. The van der Waals surface area contributed by atoms with E-state index < -0.39 is 53.4 Å². The second-order valence-electron chi connectivity index (χ2n) is 8.77. The molecular formula is C21H21F9N2O4. The molecule has 6 nitrogen and oxygen atoms in total. The molecule has 0 radical (unpaired) electrons. The minimum atomic E-state index is -5.83. The summed E-state index contributed by atoms with van der Waals surface area (Å²) in [6.45, 7) is 0.182. The van der Waals surface area contributed by atoms with Crippen LogP contribution in [0.4, 0.5) is 44.3 Å². The Morgan fingerprint density at radius 1 is 0.944 bits per heavy atom. The number of nitrogens with zero attached hydrogens (tertiary/aromatic N) is 2. The maximum atomic E-state index is 13.1. The Morgan fingerprint density at radius 3 is 2.03 bits per heavy atom. The number of carbonyl (C=O) groups excluding carboxylic acids is 1. The van der Waals surface area contributed by atoms with Crippen molar-refractivity contribution in [2.24, 2.45) is 0 Å². The normalized spacial score (nSPS) is 19.2. The summed E-state index contributed by atoms with van der Waals surface area (Å²) in [6, 6.07) is 2.76. The van der Waals surface area contributed by atoms with E-state index in [4.69, 9.17) is 0 Å². The number of carboxylic acids is 1. The predicted octanol–water partition coefficient (Wildman–Crippen LogP) is 5.46. The maximum Gasteiger partial charge on any atom is 0.434 e. The highest BCUT2D eigenvalue weighted by Gasteiger charge is 2.60. The minimum Gasteiger partial charge on any atom is -0.478 e. The zero-order chi connectivity index (χ0) is 27.1.